The largest absolute Gasteiger partial charge is 0.379 e. The number of nitrogens with zero attached hydrogens (tertiary/aromatic N) is 5. The summed E-state index contributed by atoms with van der Waals surface area (Å²) in [4.78, 5) is 27.3. The second kappa shape index (κ2) is 9.15. The van der Waals surface area contributed by atoms with Gasteiger partial charge in [-0.1, -0.05) is 35.1 Å². The maximum absolute atomic E-state index is 13.9. The molecule has 4 aromatic rings. The maximum atomic E-state index is 13.9. The summed E-state index contributed by atoms with van der Waals surface area (Å²) < 4.78 is 8.27. The van der Waals surface area contributed by atoms with Crippen molar-refractivity contribution >= 4 is 49.8 Å². The Balaban J connectivity index is 1.48. The van der Waals surface area contributed by atoms with Gasteiger partial charge in [0.2, 0.25) is 0 Å². The zero-order valence-corrected chi connectivity index (χ0v) is 19.4. The van der Waals surface area contributed by atoms with Crippen LogP contribution in [0.3, 0.4) is 0 Å². The molecule has 0 atom stereocenters. The first-order valence-corrected chi connectivity index (χ1v) is 11.9. The number of amides is 1. The molecule has 1 aliphatic rings. The summed E-state index contributed by atoms with van der Waals surface area (Å²) in [6, 6.07) is 11.5. The Bertz CT molecular complexity index is 1260. The van der Waals surface area contributed by atoms with Crippen LogP contribution in [-0.2, 0) is 4.74 Å². The number of carbonyl (C=O) groups excluding carboxylic acids is 1. The second-order valence-electron chi connectivity index (χ2n) is 7.82. The third-order valence-electron chi connectivity index (χ3n) is 5.70. The lowest BCUT2D eigenvalue weighted by Crippen LogP contribution is -2.39. The van der Waals surface area contributed by atoms with Crippen molar-refractivity contribution in [2.24, 2.45) is 0 Å². The molecule has 3 aromatic heterocycles. The van der Waals surface area contributed by atoms with Gasteiger partial charge in [-0.15, -0.1) is 0 Å². The summed E-state index contributed by atoms with van der Waals surface area (Å²) in [6.07, 6.45) is 2.72. The van der Waals surface area contributed by atoms with E-state index in [1.807, 2.05) is 53.9 Å². The van der Waals surface area contributed by atoms with Gasteiger partial charge >= 0.3 is 0 Å². The van der Waals surface area contributed by atoms with Gasteiger partial charge in [0.15, 0.2) is 5.13 Å². The molecular weight excluding hydrogens is 446 g/mol. The van der Waals surface area contributed by atoms with E-state index in [0.717, 1.165) is 55.1 Å². The number of aromatic nitrogens is 3. The van der Waals surface area contributed by atoms with Crippen LogP contribution in [0, 0.1) is 6.92 Å². The number of benzene rings is 1. The number of morpholine rings is 1. The number of para-hydroxylation sites is 1. The van der Waals surface area contributed by atoms with Crippen LogP contribution in [0.25, 0.3) is 15.9 Å². The SMILES string of the molecule is Cc1nc2ccccn2c1C(=O)N(CCCN1CCOCC1)c1nc2c(Cl)cccc2s1. The van der Waals surface area contributed by atoms with Crippen molar-refractivity contribution in [1.29, 1.82) is 0 Å². The molecule has 0 spiro atoms. The van der Waals surface area contributed by atoms with Gasteiger partial charge in [0.25, 0.3) is 5.91 Å². The Labute approximate surface area is 195 Å². The van der Waals surface area contributed by atoms with Gasteiger partial charge in [-0.3, -0.25) is 19.0 Å². The molecule has 0 bridgehead atoms. The first-order valence-electron chi connectivity index (χ1n) is 10.7. The van der Waals surface area contributed by atoms with Gasteiger partial charge in [-0.25, -0.2) is 9.97 Å². The molecule has 0 N–H and O–H groups in total. The van der Waals surface area contributed by atoms with Crippen molar-refractivity contribution in [3.8, 4) is 0 Å². The second-order valence-corrected chi connectivity index (χ2v) is 9.24. The molecule has 1 aliphatic heterocycles. The number of rotatable bonds is 6. The number of imidazole rings is 1. The van der Waals surface area contributed by atoms with E-state index in [9.17, 15) is 4.79 Å². The number of ether oxygens (including phenoxy) is 1. The van der Waals surface area contributed by atoms with Gasteiger partial charge in [0.05, 0.1) is 28.6 Å². The number of hydrogen-bond acceptors (Lipinski definition) is 6. The van der Waals surface area contributed by atoms with Crippen LogP contribution in [0.2, 0.25) is 5.02 Å². The summed E-state index contributed by atoms with van der Waals surface area (Å²) in [5.41, 5.74) is 2.76. The molecule has 1 fully saturated rings. The van der Waals surface area contributed by atoms with E-state index < -0.39 is 0 Å². The Hall–Kier alpha value is -2.52. The van der Waals surface area contributed by atoms with Crippen LogP contribution in [0.15, 0.2) is 42.6 Å². The lowest BCUT2D eigenvalue weighted by molar-refractivity contribution is 0.0376. The fourth-order valence-corrected chi connectivity index (χ4v) is 5.37. The van der Waals surface area contributed by atoms with E-state index in [1.165, 1.54) is 11.3 Å². The van der Waals surface area contributed by atoms with Crippen molar-refractivity contribution in [2.45, 2.75) is 13.3 Å². The summed E-state index contributed by atoms with van der Waals surface area (Å²) in [5, 5.41) is 1.25. The number of anilines is 1. The molecule has 0 unspecified atom stereocenters. The fraction of sp³-hybridized carbons (Fsp3) is 0.348. The maximum Gasteiger partial charge on any atom is 0.278 e. The highest BCUT2D eigenvalue weighted by Gasteiger charge is 2.26. The highest BCUT2D eigenvalue weighted by molar-refractivity contribution is 7.22. The highest BCUT2D eigenvalue weighted by Crippen LogP contribution is 2.33. The monoisotopic (exact) mass is 469 g/mol. The van der Waals surface area contributed by atoms with Crippen LogP contribution in [-0.4, -0.2) is 64.6 Å². The van der Waals surface area contributed by atoms with Crippen LogP contribution in [0.5, 0.6) is 0 Å². The van der Waals surface area contributed by atoms with Gasteiger partial charge < -0.3 is 4.74 Å². The molecule has 166 valence electrons. The van der Waals surface area contributed by atoms with E-state index in [4.69, 9.17) is 21.3 Å². The van der Waals surface area contributed by atoms with Gasteiger partial charge in [-0.2, -0.15) is 0 Å². The average Bonchev–Trinajstić information content (AvgIpc) is 3.38. The van der Waals surface area contributed by atoms with Crippen LogP contribution in [0.4, 0.5) is 5.13 Å². The van der Waals surface area contributed by atoms with Gasteiger partial charge in [0.1, 0.15) is 16.9 Å². The molecule has 0 saturated carbocycles. The summed E-state index contributed by atoms with van der Waals surface area (Å²) in [5.74, 6) is -0.0987. The molecule has 9 heteroatoms. The third-order valence-corrected chi connectivity index (χ3v) is 7.05. The summed E-state index contributed by atoms with van der Waals surface area (Å²) in [7, 11) is 0. The molecule has 7 nitrogen and oxygen atoms in total. The van der Waals surface area contributed by atoms with E-state index in [2.05, 4.69) is 9.88 Å². The van der Waals surface area contributed by atoms with Crippen molar-refractivity contribution in [2.75, 3.05) is 44.3 Å². The Morgan fingerprint density at radius 2 is 2.03 bits per heavy atom. The topological polar surface area (TPSA) is 63.0 Å². The standard InChI is InChI=1S/C23H24ClN5O2S/c1-16-21(28-10-3-2-8-19(28)25-16)22(30)29(11-5-9-27-12-14-31-15-13-27)23-26-20-17(24)6-4-7-18(20)32-23/h2-4,6-8,10H,5,9,11-15H2,1H3. The summed E-state index contributed by atoms with van der Waals surface area (Å²) >= 11 is 7.86. The molecule has 1 saturated heterocycles. The quantitative estimate of drug-likeness (QED) is 0.422. The molecular formula is C23H24ClN5O2S. The predicted molar refractivity (Wildman–Crippen MR) is 128 cm³/mol. The zero-order valence-electron chi connectivity index (χ0n) is 17.8. The normalized spacial score (nSPS) is 14.9. The number of aryl methyl sites for hydroxylation is 1. The first kappa shape index (κ1) is 21.3. The number of hydrogen-bond donors (Lipinski definition) is 0. The molecule has 1 aromatic carbocycles. The van der Waals surface area contributed by atoms with Crippen LogP contribution < -0.4 is 4.90 Å². The van der Waals surface area contributed by atoms with E-state index >= 15 is 0 Å². The third kappa shape index (κ3) is 4.11. The van der Waals surface area contributed by atoms with Crippen molar-refractivity contribution < 1.29 is 9.53 Å². The van der Waals surface area contributed by atoms with E-state index in [1.54, 1.807) is 4.90 Å². The van der Waals surface area contributed by atoms with E-state index in [0.29, 0.717) is 28.1 Å². The Morgan fingerprint density at radius 3 is 2.84 bits per heavy atom. The number of fused-ring (bicyclic) bond motifs is 2. The van der Waals surface area contributed by atoms with Crippen molar-refractivity contribution in [3.63, 3.8) is 0 Å². The lowest BCUT2D eigenvalue weighted by Gasteiger charge is -2.27. The van der Waals surface area contributed by atoms with Crippen LogP contribution >= 0.6 is 22.9 Å². The zero-order chi connectivity index (χ0) is 22.1. The Kier molecular flexibility index (Phi) is 6.10. The first-order chi connectivity index (χ1) is 15.6. The smallest absolute Gasteiger partial charge is 0.278 e. The summed E-state index contributed by atoms with van der Waals surface area (Å²) in [6.45, 7) is 6.73. The van der Waals surface area contributed by atoms with Crippen LogP contribution in [0.1, 0.15) is 22.6 Å². The minimum atomic E-state index is -0.0987. The highest BCUT2D eigenvalue weighted by atomic mass is 35.5. The molecule has 5 rings (SSSR count). The predicted octanol–water partition coefficient (Wildman–Crippen LogP) is 4.27. The fourth-order valence-electron chi connectivity index (χ4n) is 4.08. The lowest BCUT2D eigenvalue weighted by atomic mass is 10.2. The molecule has 1 amide bonds. The minimum Gasteiger partial charge on any atom is -0.379 e. The molecule has 4 heterocycles. The van der Waals surface area contributed by atoms with E-state index in [-0.39, 0.29) is 5.91 Å². The number of pyridine rings is 1. The average molecular weight is 470 g/mol. The molecule has 0 radical (unpaired) electrons. The van der Waals surface area contributed by atoms with Crippen molar-refractivity contribution in [1.82, 2.24) is 19.3 Å². The number of carbonyl (C=O) groups is 1. The van der Waals surface area contributed by atoms with Gasteiger partial charge in [-0.05, 0) is 37.6 Å². The number of halogens is 1. The molecule has 0 aliphatic carbocycles. The Morgan fingerprint density at radius 1 is 1.19 bits per heavy atom. The van der Waals surface area contributed by atoms with Crippen molar-refractivity contribution in [3.05, 3.63) is 59.0 Å². The molecule has 32 heavy (non-hydrogen) atoms. The van der Waals surface area contributed by atoms with Gasteiger partial charge in [0, 0.05) is 32.4 Å². The minimum absolute atomic E-state index is 0.0987. The number of thiazole rings is 1.